The fourth-order valence-electron chi connectivity index (χ4n) is 3.60. The van der Waals surface area contributed by atoms with E-state index in [0.29, 0.717) is 14.9 Å². The van der Waals surface area contributed by atoms with Crippen LogP contribution in [-0.4, -0.2) is 18.7 Å². The third-order valence-electron chi connectivity index (χ3n) is 4.83. The van der Waals surface area contributed by atoms with Gasteiger partial charge in [-0.25, -0.2) is 0 Å². The maximum absolute atomic E-state index is 13.1. The minimum Gasteiger partial charge on any atom is -0.497 e. The molecule has 2 aromatic rings. The van der Waals surface area contributed by atoms with Crippen LogP contribution in [-0.2, 0) is 10.2 Å². The highest BCUT2D eigenvalue weighted by molar-refractivity contribution is 14.1. The van der Waals surface area contributed by atoms with Crippen molar-refractivity contribution in [1.29, 1.82) is 0 Å². The molecule has 2 aliphatic rings. The van der Waals surface area contributed by atoms with Gasteiger partial charge in [0.05, 0.1) is 16.1 Å². The molecule has 2 aliphatic carbocycles. The van der Waals surface area contributed by atoms with E-state index >= 15 is 0 Å². The Hall–Kier alpha value is -2.47. The molecular weight excluding hydrogens is 439 g/mol. The van der Waals surface area contributed by atoms with Gasteiger partial charge in [0.25, 0.3) is 0 Å². The van der Waals surface area contributed by atoms with E-state index in [-0.39, 0.29) is 11.6 Å². The first kappa shape index (κ1) is 17.0. The van der Waals surface area contributed by atoms with Gasteiger partial charge < -0.3 is 4.74 Å². The highest BCUT2D eigenvalue weighted by Crippen LogP contribution is 2.51. The normalized spacial score (nSPS) is 17.6. The molecular formula is C22H15IO3. The molecule has 4 heteroatoms. The lowest BCUT2D eigenvalue weighted by Gasteiger charge is -2.38. The van der Waals surface area contributed by atoms with Gasteiger partial charge >= 0.3 is 0 Å². The van der Waals surface area contributed by atoms with Gasteiger partial charge in [-0.2, -0.15) is 0 Å². The molecule has 3 nitrogen and oxygen atoms in total. The standard InChI is InChI=1S/C22H15IO3/c1-26-16-7-8-18-17(13-16)21(25)20(23)19(14-5-3-2-4-6-14)22(18)11-9-15(24)10-12-22/h2-13H,1H3. The number of ether oxygens (including phenoxy) is 1. The second-order valence-electron chi connectivity index (χ2n) is 6.23. The molecule has 4 rings (SSSR count). The smallest absolute Gasteiger partial charge is 0.199 e. The van der Waals surface area contributed by atoms with Gasteiger partial charge in [0.15, 0.2) is 11.6 Å². The van der Waals surface area contributed by atoms with Crippen molar-refractivity contribution in [3.8, 4) is 5.75 Å². The lowest BCUT2D eigenvalue weighted by Crippen LogP contribution is -2.33. The number of rotatable bonds is 2. The van der Waals surface area contributed by atoms with Crippen LogP contribution in [0.1, 0.15) is 21.5 Å². The van der Waals surface area contributed by atoms with Crippen LogP contribution in [0.15, 0.2) is 76.4 Å². The number of benzene rings is 2. The first-order valence-corrected chi connectivity index (χ1v) is 9.26. The minimum atomic E-state index is -0.651. The summed E-state index contributed by atoms with van der Waals surface area (Å²) in [6.07, 6.45) is 6.95. The Morgan fingerprint density at radius 1 is 0.962 bits per heavy atom. The third-order valence-corrected chi connectivity index (χ3v) is 5.86. The molecule has 0 radical (unpaired) electrons. The Morgan fingerprint density at radius 3 is 2.31 bits per heavy atom. The Labute approximate surface area is 165 Å². The maximum atomic E-state index is 13.1. The fraction of sp³-hybridized carbons (Fsp3) is 0.0909. The van der Waals surface area contributed by atoms with Crippen LogP contribution >= 0.6 is 22.6 Å². The first-order valence-electron chi connectivity index (χ1n) is 8.18. The molecule has 0 unspecified atom stereocenters. The summed E-state index contributed by atoms with van der Waals surface area (Å²) in [6, 6.07) is 15.4. The van der Waals surface area contributed by atoms with Crippen molar-refractivity contribution in [1.82, 2.24) is 0 Å². The number of hydrogen-bond acceptors (Lipinski definition) is 3. The zero-order chi connectivity index (χ0) is 18.3. The van der Waals surface area contributed by atoms with E-state index in [1.165, 1.54) is 0 Å². The molecule has 0 aliphatic heterocycles. The summed E-state index contributed by atoms with van der Waals surface area (Å²) in [5.74, 6) is 0.562. The second-order valence-corrected chi connectivity index (χ2v) is 7.31. The molecule has 2 aromatic carbocycles. The lowest BCUT2D eigenvalue weighted by atomic mass is 9.65. The van der Waals surface area contributed by atoms with Crippen LogP contribution in [0.5, 0.6) is 5.75 Å². The van der Waals surface area contributed by atoms with Crippen LogP contribution in [0.3, 0.4) is 0 Å². The topological polar surface area (TPSA) is 43.4 Å². The Bertz CT molecular complexity index is 997. The van der Waals surface area contributed by atoms with E-state index in [4.69, 9.17) is 4.74 Å². The average Bonchev–Trinajstić information content (AvgIpc) is 2.69. The summed E-state index contributed by atoms with van der Waals surface area (Å²) in [5, 5.41) is 0. The number of ketones is 2. The summed E-state index contributed by atoms with van der Waals surface area (Å²) >= 11 is 2.12. The molecule has 0 fully saturated rings. The minimum absolute atomic E-state index is 0.0253. The summed E-state index contributed by atoms with van der Waals surface area (Å²) in [4.78, 5) is 24.9. The summed E-state index contributed by atoms with van der Waals surface area (Å²) < 4.78 is 5.96. The predicted octanol–water partition coefficient (Wildman–Crippen LogP) is 4.67. The van der Waals surface area contributed by atoms with Crippen LogP contribution in [0.2, 0.25) is 0 Å². The molecule has 0 saturated carbocycles. The molecule has 1 spiro atoms. The van der Waals surface area contributed by atoms with E-state index < -0.39 is 5.41 Å². The summed E-state index contributed by atoms with van der Waals surface area (Å²) in [5.41, 5.74) is 2.69. The van der Waals surface area contributed by atoms with Crippen LogP contribution in [0.4, 0.5) is 0 Å². The maximum Gasteiger partial charge on any atom is 0.199 e. The Balaban J connectivity index is 2.06. The monoisotopic (exact) mass is 454 g/mol. The molecule has 0 atom stereocenters. The third kappa shape index (κ3) is 2.48. The van der Waals surface area contributed by atoms with Crippen LogP contribution < -0.4 is 4.74 Å². The fourth-order valence-corrected chi connectivity index (χ4v) is 4.65. The quantitative estimate of drug-likeness (QED) is 0.620. The number of halogens is 1. The first-order chi connectivity index (χ1) is 12.6. The highest BCUT2D eigenvalue weighted by atomic mass is 127. The Kier molecular flexibility index (Phi) is 4.15. The number of allylic oxidation sites excluding steroid dienone is 6. The van der Waals surface area contributed by atoms with Gasteiger partial charge in [-0.15, -0.1) is 0 Å². The zero-order valence-corrected chi connectivity index (χ0v) is 16.2. The van der Waals surface area contributed by atoms with Crippen molar-refractivity contribution in [2.24, 2.45) is 0 Å². The number of hydrogen-bond donors (Lipinski definition) is 0. The van der Waals surface area contributed by atoms with E-state index in [1.54, 1.807) is 25.3 Å². The van der Waals surface area contributed by atoms with Gasteiger partial charge in [0.1, 0.15) is 5.75 Å². The predicted molar refractivity (Wildman–Crippen MR) is 110 cm³/mol. The van der Waals surface area contributed by atoms with Crippen molar-refractivity contribution >= 4 is 39.7 Å². The molecule has 26 heavy (non-hydrogen) atoms. The van der Waals surface area contributed by atoms with Gasteiger partial charge in [0.2, 0.25) is 0 Å². The van der Waals surface area contributed by atoms with Crippen molar-refractivity contribution in [3.63, 3.8) is 0 Å². The van der Waals surface area contributed by atoms with Gasteiger partial charge in [-0.05, 0) is 63.6 Å². The van der Waals surface area contributed by atoms with Crippen LogP contribution in [0.25, 0.3) is 5.57 Å². The van der Waals surface area contributed by atoms with Crippen molar-refractivity contribution in [3.05, 3.63) is 93.1 Å². The number of carbonyl (C=O) groups excluding carboxylic acids is 2. The molecule has 0 bridgehead atoms. The van der Waals surface area contributed by atoms with Gasteiger partial charge in [0, 0.05) is 5.56 Å². The van der Waals surface area contributed by atoms with E-state index in [2.05, 4.69) is 22.6 Å². The zero-order valence-electron chi connectivity index (χ0n) is 14.0. The molecule has 128 valence electrons. The summed E-state index contributed by atoms with van der Waals surface area (Å²) in [7, 11) is 1.58. The van der Waals surface area contributed by atoms with Crippen LogP contribution in [0, 0.1) is 0 Å². The Morgan fingerprint density at radius 2 is 1.65 bits per heavy atom. The average molecular weight is 454 g/mol. The van der Waals surface area contributed by atoms with E-state index in [9.17, 15) is 9.59 Å². The summed E-state index contributed by atoms with van der Waals surface area (Å²) in [6.45, 7) is 0. The van der Waals surface area contributed by atoms with E-state index in [0.717, 1.165) is 16.7 Å². The molecule has 0 heterocycles. The molecule has 0 saturated heterocycles. The molecule has 0 aromatic heterocycles. The van der Waals surface area contributed by atoms with Crippen molar-refractivity contribution in [2.45, 2.75) is 5.41 Å². The van der Waals surface area contributed by atoms with Gasteiger partial charge in [-0.1, -0.05) is 48.6 Å². The SMILES string of the molecule is COc1ccc2c(c1)C(=O)C(I)=C(c1ccccc1)C21C=CC(=O)C=C1. The molecule has 0 amide bonds. The number of fused-ring (bicyclic) bond motifs is 2. The van der Waals surface area contributed by atoms with Crippen molar-refractivity contribution < 1.29 is 14.3 Å². The molecule has 0 N–H and O–H groups in total. The number of Topliss-reactive ketones (excluding diaryl/α,β-unsaturated/α-hetero) is 1. The largest absolute Gasteiger partial charge is 0.497 e. The van der Waals surface area contributed by atoms with E-state index in [1.807, 2.05) is 54.6 Å². The second kappa shape index (κ2) is 6.36. The van der Waals surface area contributed by atoms with Gasteiger partial charge in [-0.3, -0.25) is 9.59 Å². The lowest BCUT2D eigenvalue weighted by molar-refractivity contribution is -0.110. The number of carbonyl (C=O) groups is 2. The highest BCUT2D eigenvalue weighted by Gasteiger charge is 2.43. The van der Waals surface area contributed by atoms with Crippen molar-refractivity contribution in [2.75, 3.05) is 7.11 Å². The number of methoxy groups -OCH3 is 1.